The van der Waals surface area contributed by atoms with Gasteiger partial charge in [0.15, 0.2) is 6.10 Å². The number of aliphatic hydroxyl groups is 4. The molecule has 0 aliphatic carbocycles. The van der Waals surface area contributed by atoms with E-state index in [0.29, 0.717) is 0 Å². The molecule has 13 heavy (non-hydrogen) atoms. The van der Waals surface area contributed by atoms with Crippen LogP contribution in [0.1, 0.15) is 6.42 Å². The molecule has 76 valence electrons. The van der Waals surface area contributed by atoms with Crippen LogP contribution in [0.15, 0.2) is 0 Å². The van der Waals surface area contributed by atoms with Gasteiger partial charge in [-0.15, -0.1) is 0 Å². The van der Waals surface area contributed by atoms with Gasteiger partial charge in [0.05, 0.1) is 19.1 Å². The van der Waals surface area contributed by atoms with Crippen LogP contribution in [0.25, 0.3) is 0 Å². The lowest BCUT2D eigenvalue weighted by molar-refractivity contribution is -0.194. The molecule has 0 radical (unpaired) electrons. The molecule has 0 aromatic carbocycles. The number of rotatable bonds is 2. The van der Waals surface area contributed by atoms with Crippen molar-refractivity contribution in [2.75, 3.05) is 6.61 Å². The number of hydrogen-bond acceptors (Lipinski definition) is 6. The number of esters is 1. The van der Waals surface area contributed by atoms with E-state index >= 15 is 0 Å². The first-order valence-electron chi connectivity index (χ1n) is 3.90. The second-order valence-corrected chi connectivity index (χ2v) is 2.97. The molecule has 0 bridgehead atoms. The van der Waals surface area contributed by atoms with E-state index in [0.717, 1.165) is 0 Å². The summed E-state index contributed by atoms with van der Waals surface area (Å²) in [5.74, 6) is -0.699. The van der Waals surface area contributed by atoms with Crippen LogP contribution >= 0.6 is 0 Å². The molecule has 0 aromatic rings. The molecule has 1 heterocycles. The van der Waals surface area contributed by atoms with Gasteiger partial charge in [-0.1, -0.05) is 0 Å². The van der Waals surface area contributed by atoms with Crippen molar-refractivity contribution < 1.29 is 30.0 Å². The number of cyclic esters (lactones) is 1. The van der Waals surface area contributed by atoms with Crippen molar-refractivity contribution >= 4 is 5.97 Å². The van der Waals surface area contributed by atoms with Crippen molar-refractivity contribution in [3.63, 3.8) is 0 Å². The smallest absolute Gasteiger partial charge is 0.308 e. The zero-order chi connectivity index (χ0) is 10.0. The van der Waals surface area contributed by atoms with E-state index < -0.39 is 37.0 Å². The van der Waals surface area contributed by atoms with Gasteiger partial charge < -0.3 is 25.2 Å². The Balaban J connectivity index is 2.65. The lowest BCUT2D eigenvalue weighted by Crippen LogP contribution is -2.52. The highest BCUT2D eigenvalue weighted by molar-refractivity contribution is 5.71. The molecule has 1 fully saturated rings. The van der Waals surface area contributed by atoms with Crippen LogP contribution in [0.5, 0.6) is 0 Å². The van der Waals surface area contributed by atoms with E-state index in [1.807, 2.05) is 0 Å². The summed E-state index contributed by atoms with van der Waals surface area (Å²) in [4.78, 5) is 10.8. The molecule has 6 nitrogen and oxygen atoms in total. The average molecular weight is 192 g/mol. The van der Waals surface area contributed by atoms with Crippen LogP contribution < -0.4 is 0 Å². The topological polar surface area (TPSA) is 107 Å². The van der Waals surface area contributed by atoms with E-state index in [-0.39, 0.29) is 6.42 Å². The fourth-order valence-corrected chi connectivity index (χ4v) is 1.19. The van der Waals surface area contributed by atoms with Crippen molar-refractivity contribution in [3.8, 4) is 0 Å². The second-order valence-electron chi connectivity index (χ2n) is 2.97. The standard InChI is InChI=1S/C7H12O6/c8-2-4(10)7-6(12)3(9)1-5(11)13-7/h3-4,6-10,12H,1-2H2/t3-,4+,6+,7+/m0/s1. The van der Waals surface area contributed by atoms with E-state index in [1.54, 1.807) is 0 Å². The van der Waals surface area contributed by atoms with Crippen LogP contribution in [0, 0.1) is 0 Å². The van der Waals surface area contributed by atoms with Crippen molar-refractivity contribution in [1.29, 1.82) is 0 Å². The van der Waals surface area contributed by atoms with Crippen LogP contribution in [0.3, 0.4) is 0 Å². The zero-order valence-electron chi connectivity index (χ0n) is 6.83. The van der Waals surface area contributed by atoms with Crippen LogP contribution in [0.4, 0.5) is 0 Å². The van der Waals surface area contributed by atoms with E-state index in [9.17, 15) is 9.90 Å². The predicted molar refractivity (Wildman–Crippen MR) is 39.6 cm³/mol. The maximum atomic E-state index is 10.8. The average Bonchev–Trinajstić information content (AvgIpc) is 2.10. The van der Waals surface area contributed by atoms with Gasteiger partial charge in [0, 0.05) is 0 Å². The Kier molecular flexibility index (Phi) is 3.21. The number of hydrogen-bond donors (Lipinski definition) is 4. The zero-order valence-corrected chi connectivity index (χ0v) is 6.83. The fraction of sp³-hybridized carbons (Fsp3) is 0.857. The first kappa shape index (κ1) is 10.4. The highest BCUT2D eigenvalue weighted by Crippen LogP contribution is 2.18. The molecule has 1 saturated heterocycles. The summed E-state index contributed by atoms with van der Waals surface area (Å²) in [6.45, 7) is -0.637. The van der Waals surface area contributed by atoms with Crippen LogP contribution in [-0.2, 0) is 9.53 Å². The highest BCUT2D eigenvalue weighted by Gasteiger charge is 2.40. The fourth-order valence-electron chi connectivity index (χ4n) is 1.19. The van der Waals surface area contributed by atoms with Crippen molar-refractivity contribution in [2.45, 2.75) is 30.8 Å². The minimum absolute atomic E-state index is 0.296. The molecular formula is C7H12O6. The summed E-state index contributed by atoms with van der Waals surface area (Å²) in [5.41, 5.74) is 0. The van der Waals surface area contributed by atoms with E-state index in [2.05, 4.69) is 4.74 Å². The Morgan fingerprint density at radius 2 is 2.15 bits per heavy atom. The number of aliphatic hydroxyl groups excluding tert-OH is 4. The largest absolute Gasteiger partial charge is 0.457 e. The van der Waals surface area contributed by atoms with Gasteiger partial charge in [-0.25, -0.2) is 0 Å². The molecule has 1 rings (SSSR count). The van der Waals surface area contributed by atoms with Gasteiger partial charge in [-0.05, 0) is 0 Å². The Labute approximate surface area is 74.4 Å². The SMILES string of the molecule is O=C1C[C@H](O)[C@@H](O)[C@@H]([C@H](O)CO)O1. The van der Waals surface area contributed by atoms with Gasteiger partial charge in [-0.2, -0.15) is 0 Å². The number of carbonyl (C=O) groups is 1. The van der Waals surface area contributed by atoms with Crippen LogP contribution in [0.2, 0.25) is 0 Å². The summed E-state index contributed by atoms with van der Waals surface area (Å²) < 4.78 is 4.56. The molecule has 0 amide bonds. The molecule has 1 aliphatic heterocycles. The molecular weight excluding hydrogens is 180 g/mol. The van der Waals surface area contributed by atoms with Crippen LogP contribution in [-0.4, -0.2) is 57.4 Å². The Bertz CT molecular complexity index is 193. The molecule has 0 saturated carbocycles. The first-order valence-corrected chi connectivity index (χ1v) is 3.90. The van der Waals surface area contributed by atoms with Gasteiger partial charge in [0.2, 0.25) is 0 Å². The Morgan fingerprint density at radius 1 is 1.54 bits per heavy atom. The third-order valence-corrected chi connectivity index (χ3v) is 1.94. The van der Waals surface area contributed by atoms with E-state index in [1.165, 1.54) is 0 Å². The predicted octanol–water partition coefficient (Wildman–Crippen LogP) is -2.62. The molecule has 0 aromatic heterocycles. The number of carbonyl (C=O) groups excluding carboxylic acids is 1. The Hall–Kier alpha value is -0.690. The molecule has 1 aliphatic rings. The maximum absolute atomic E-state index is 10.8. The molecule has 6 heteroatoms. The highest BCUT2D eigenvalue weighted by atomic mass is 16.6. The van der Waals surface area contributed by atoms with Gasteiger partial charge >= 0.3 is 5.97 Å². The van der Waals surface area contributed by atoms with Gasteiger partial charge in [-0.3, -0.25) is 4.79 Å². The molecule has 0 spiro atoms. The van der Waals surface area contributed by atoms with Crippen molar-refractivity contribution in [1.82, 2.24) is 0 Å². The second kappa shape index (κ2) is 4.01. The lowest BCUT2D eigenvalue weighted by Gasteiger charge is -2.33. The number of ether oxygens (including phenoxy) is 1. The molecule has 0 unspecified atom stereocenters. The first-order chi connectivity index (χ1) is 6.06. The van der Waals surface area contributed by atoms with Crippen molar-refractivity contribution in [2.24, 2.45) is 0 Å². The minimum atomic E-state index is -1.37. The normalized spacial score (nSPS) is 36.9. The third-order valence-electron chi connectivity index (χ3n) is 1.94. The quantitative estimate of drug-likeness (QED) is 0.357. The maximum Gasteiger partial charge on any atom is 0.308 e. The molecule has 4 N–H and O–H groups in total. The summed E-state index contributed by atoms with van der Waals surface area (Å²) in [6.07, 6.45) is -5.50. The lowest BCUT2D eigenvalue weighted by atomic mass is 9.98. The summed E-state index contributed by atoms with van der Waals surface area (Å²) >= 11 is 0. The summed E-state index contributed by atoms with van der Waals surface area (Å²) in [7, 11) is 0. The summed E-state index contributed by atoms with van der Waals surface area (Å²) in [5, 5.41) is 36.0. The molecule has 4 atom stereocenters. The minimum Gasteiger partial charge on any atom is -0.457 e. The third kappa shape index (κ3) is 2.16. The Morgan fingerprint density at radius 3 is 2.69 bits per heavy atom. The monoisotopic (exact) mass is 192 g/mol. The van der Waals surface area contributed by atoms with Gasteiger partial charge in [0.25, 0.3) is 0 Å². The van der Waals surface area contributed by atoms with Gasteiger partial charge in [0.1, 0.15) is 12.2 Å². The van der Waals surface area contributed by atoms with E-state index in [4.69, 9.17) is 15.3 Å². The van der Waals surface area contributed by atoms with Crippen molar-refractivity contribution in [3.05, 3.63) is 0 Å². The summed E-state index contributed by atoms with van der Waals surface area (Å²) in [6, 6.07) is 0.